The lowest BCUT2D eigenvalue weighted by molar-refractivity contribution is -0.139. The summed E-state index contributed by atoms with van der Waals surface area (Å²) in [7, 11) is 0. The van der Waals surface area contributed by atoms with Crippen LogP contribution in [0.1, 0.15) is 35.6 Å². The summed E-state index contributed by atoms with van der Waals surface area (Å²) in [6.07, 6.45) is 1.09. The molecule has 0 aromatic heterocycles. The van der Waals surface area contributed by atoms with Gasteiger partial charge in [-0.1, -0.05) is 18.2 Å². The van der Waals surface area contributed by atoms with E-state index in [4.69, 9.17) is 0 Å². The summed E-state index contributed by atoms with van der Waals surface area (Å²) in [6, 6.07) is 5.68. The topological polar surface area (TPSA) is 40.5 Å². The molecule has 0 spiro atoms. The second-order valence-electron chi connectivity index (χ2n) is 4.78. The fraction of sp³-hybridized carbons (Fsp3) is 0.500. The predicted molar refractivity (Wildman–Crippen MR) is 66.7 cm³/mol. The fourth-order valence-electron chi connectivity index (χ4n) is 2.19. The standard InChI is InChI=1S/C14H19NO2/c1-10-5-6-12(9-11(10)2)13(16)14(17)15-7-3-4-8-15/h5-6,9,13,16H,3-4,7-8H2,1-2H3. The monoisotopic (exact) mass is 233 g/mol. The Morgan fingerprint density at radius 2 is 1.88 bits per heavy atom. The molecule has 1 aromatic carbocycles. The Hall–Kier alpha value is -1.35. The highest BCUT2D eigenvalue weighted by molar-refractivity contribution is 5.82. The number of carbonyl (C=O) groups excluding carboxylic acids is 1. The van der Waals surface area contributed by atoms with Crippen LogP contribution in [0.15, 0.2) is 18.2 Å². The molecule has 0 aliphatic carbocycles. The summed E-state index contributed by atoms with van der Waals surface area (Å²) >= 11 is 0. The quantitative estimate of drug-likeness (QED) is 0.848. The highest BCUT2D eigenvalue weighted by atomic mass is 16.3. The summed E-state index contributed by atoms with van der Waals surface area (Å²) in [5.74, 6) is -0.161. The molecule has 1 atom stereocenters. The lowest BCUT2D eigenvalue weighted by Crippen LogP contribution is -2.32. The van der Waals surface area contributed by atoms with Gasteiger partial charge in [-0.25, -0.2) is 0 Å². The molecule has 1 fully saturated rings. The first-order valence-corrected chi connectivity index (χ1v) is 6.13. The maximum absolute atomic E-state index is 12.0. The molecule has 1 amide bonds. The van der Waals surface area contributed by atoms with E-state index in [-0.39, 0.29) is 5.91 Å². The maximum Gasteiger partial charge on any atom is 0.256 e. The molecule has 1 unspecified atom stereocenters. The van der Waals surface area contributed by atoms with Gasteiger partial charge in [-0.3, -0.25) is 4.79 Å². The number of nitrogens with zero attached hydrogens (tertiary/aromatic N) is 1. The molecule has 1 saturated heterocycles. The molecule has 1 N–H and O–H groups in total. The Labute approximate surface area is 102 Å². The van der Waals surface area contributed by atoms with Gasteiger partial charge in [-0.05, 0) is 43.4 Å². The molecule has 0 radical (unpaired) electrons. The number of likely N-dealkylation sites (tertiary alicyclic amines) is 1. The van der Waals surface area contributed by atoms with Gasteiger partial charge >= 0.3 is 0 Å². The van der Waals surface area contributed by atoms with Crippen molar-refractivity contribution in [3.05, 3.63) is 34.9 Å². The van der Waals surface area contributed by atoms with Gasteiger partial charge in [0.2, 0.25) is 0 Å². The van der Waals surface area contributed by atoms with Crippen LogP contribution in [0.5, 0.6) is 0 Å². The molecular formula is C14H19NO2. The Bertz CT molecular complexity index is 422. The van der Waals surface area contributed by atoms with Crippen LogP contribution in [0, 0.1) is 13.8 Å². The summed E-state index contributed by atoms with van der Waals surface area (Å²) in [5.41, 5.74) is 2.98. The summed E-state index contributed by atoms with van der Waals surface area (Å²) in [5, 5.41) is 10.1. The third kappa shape index (κ3) is 2.50. The smallest absolute Gasteiger partial charge is 0.256 e. The van der Waals surface area contributed by atoms with E-state index in [2.05, 4.69) is 0 Å². The number of carbonyl (C=O) groups is 1. The number of aryl methyl sites for hydroxylation is 2. The van der Waals surface area contributed by atoms with Crippen LogP contribution in [0.4, 0.5) is 0 Å². The third-order valence-corrected chi connectivity index (χ3v) is 3.50. The highest BCUT2D eigenvalue weighted by Crippen LogP contribution is 2.21. The normalized spacial score (nSPS) is 17.2. The molecule has 0 saturated carbocycles. The van der Waals surface area contributed by atoms with Gasteiger partial charge in [0, 0.05) is 13.1 Å². The van der Waals surface area contributed by atoms with E-state index in [1.165, 1.54) is 5.56 Å². The van der Waals surface area contributed by atoms with E-state index in [1.54, 1.807) is 4.90 Å². The number of rotatable bonds is 2. The van der Waals surface area contributed by atoms with Crippen molar-refractivity contribution < 1.29 is 9.90 Å². The molecular weight excluding hydrogens is 214 g/mol. The van der Waals surface area contributed by atoms with Crippen LogP contribution >= 0.6 is 0 Å². The summed E-state index contributed by atoms with van der Waals surface area (Å²) < 4.78 is 0. The van der Waals surface area contributed by atoms with Crippen molar-refractivity contribution in [1.82, 2.24) is 4.90 Å². The molecule has 1 aliphatic rings. The second kappa shape index (κ2) is 4.88. The van der Waals surface area contributed by atoms with Crippen LogP contribution in [-0.4, -0.2) is 29.0 Å². The van der Waals surface area contributed by atoms with Crippen LogP contribution in [0.25, 0.3) is 0 Å². The highest BCUT2D eigenvalue weighted by Gasteiger charge is 2.25. The minimum atomic E-state index is -1.01. The van der Waals surface area contributed by atoms with E-state index in [0.29, 0.717) is 5.56 Å². The Morgan fingerprint density at radius 3 is 2.47 bits per heavy atom. The van der Waals surface area contributed by atoms with Gasteiger partial charge < -0.3 is 10.0 Å². The lowest BCUT2D eigenvalue weighted by atomic mass is 10.0. The van der Waals surface area contributed by atoms with Crippen LogP contribution < -0.4 is 0 Å². The van der Waals surface area contributed by atoms with Crippen molar-refractivity contribution in [2.75, 3.05) is 13.1 Å². The van der Waals surface area contributed by atoms with Crippen LogP contribution in [-0.2, 0) is 4.79 Å². The average Bonchev–Trinajstić information content (AvgIpc) is 2.84. The number of amides is 1. The molecule has 3 nitrogen and oxygen atoms in total. The lowest BCUT2D eigenvalue weighted by Gasteiger charge is -2.20. The van der Waals surface area contributed by atoms with E-state index in [9.17, 15) is 9.90 Å². The number of aliphatic hydroxyl groups is 1. The summed E-state index contributed by atoms with van der Waals surface area (Å²) in [6.45, 7) is 5.57. The third-order valence-electron chi connectivity index (χ3n) is 3.50. The molecule has 2 rings (SSSR count). The SMILES string of the molecule is Cc1ccc(C(O)C(=O)N2CCCC2)cc1C. The molecule has 1 aromatic rings. The second-order valence-corrected chi connectivity index (χ2v) is 4.78. The summed E-state index contributed by atoms with van der Waals surface area (Å²) in [4.78, 5) is 13.8. The molecule has 0 bridgehead atoms. The molecule has 1 heterocycles. The van der Waals surface area contributed by atoms with Gasteiger partial charge in [-0.15, -0.1) is 0 Å². The number of hydrogen-bond donors (Lipinski definition) is 1. The zero-order valence-electron chi connectivity index (χ0n) is 10.4. The van der Waals surface area contributed by atoms with E-state index in [1.807, 2.05) is 32.0 Å². The molecule has 3 heteroatoms. The average molecular weight is 233 g/mol. The van der Waals surface area contributed by atoms with Gasteiger partial charge in [0.25, 0.3) is 5.91 Å². The van der Waals surface area contributed by atoms with Gasteiger partial charge in [-0.2, -0.15) is 0 Å². The van der Waals surface area contributed by atoms with Gasteiger partial charge in [0.15, 0.2) is 6.10 Å². The minimum absolute atomic E-state index is 0.161. The predicted octanol–water partition coefficient (Wildman–Crippen LogP) is 1.96. The van der Waals surface area contributed by atoms with Crippen molar-refractivity contribution in [3.63, 3.8) is 0 Å². The number of aliphatic hydroxyl groups excluding tert-OH is 1. The van der Waals surface area contributed by atoms with Gasteiger partial charge in [0.1, 0.15) is 0 Å². The van der Waals surface area contributed by atoms with Crippen molar-refractivity contribution in [3.8, 4) is 0 Å². The Morgan fingerprint density at radius 1 is 1.24 bits per heavy atom. The zero-order chi connectivity index (χ0) is 12.4. The minimum Gasteiger partial charge on any atom is -0.378 e. The van der Waals surface area contributed by atoms with Gasteiger partial charge in [0.05, 0.1) is 0 Å². The van der Waals surface area contributed by atoms with E-state index in [0.717, 1.165) is 31.5 Å². The van der Waals surface area contributed by atoms with E-state index < -0.39 is 6.10 Å². The first-order chi connectivity index (χ1) is 8.09. The Kier molecular flexibility index (Phi) is 3.48. The van der Waals surface area contributed by atoms with Crippen LogP contribution in [0.3, 0.4) is 0 Å². The van der Waals surface area contributed by atoms with Crippen molar-refractivity contribution in [2.24, 2.45) is 0 Å². The number of benzene rings is 1. The fourth-order valence-corrected chi connectivity index (χ4v) is 2.19. The van der Waals surface area contributed by atoms with Crippen LogP contribution in [0.2, 0.25) is 0 Å². The maximum atomic E-state index is 12.0. The van der Waals surface area contributed by atoms with Crippen molar-refractivity contribution >= 4 is 5.91 Å². The van der Waals surface area contributed by atoms with E-state index >= 15 is 0 Å². The van der Waals surface area contributed by atoms with Crippen molar-refractivity contribution in [2.45, 2.75) is 32.8 Å². The molecule has 1 aliphatic heterocycles. The zero-order valence-corrected chi connectivity index (χ0v) is 10.4. The Balaban J connectivity index is 2.15. The largest absolute Gasteiger partial charge is 0.378 e. The molecule has 92 valence electrons. The molecule has 17 heavy (non-hydrogen) atoms. The first kappa shape index (κ1) is 12.1. The van der Waals surface area contributed by atoms with Crippen molar-refractivity contribution in [1.29, 1.82) is 0 Å². The first-order valence-electron chi connectivity index (χ1n) is 6.13. The number of hydrogen-bond acceptors (Lipinski definition) is 2.